The maximum Gasteiger partial charge on any atom is 0.0799 e. The van der Waals surface area contributed by atoms with Crippen LogP contribution in [-0.2, 0) is 0 Å². The Kier molecular flexibility index (Phi) is 9.07. The monoisotopic (exact) mass is 217 g/mol. The third-order valence-corrected chi connectivity index (χ3v) is 3.55. The minimum atomic E-state index is 0. The molecule has 1 nitrogen and oxygen atoms in total. The Balaban J connectivity index is 0.00000196. The van der Waals surface area contributed by atoms with E-state index in [2.05, 4.69) is 13.8 Å². The third kappa shape index (κ3) is 6.14. The first-order valence-corrected chi connectivity index (χ1v) is 6.70. The van der Waals surface area contributed by atoms with Gasteiger partial charge in [-0.05, 0) is 32.1 Å². The molecule has 1 rings (SSSR count). The molecule has 2 unspecified atom stereocenters. The lowest BCUT2D eigenvalue weighted by Crippen LogP contribution is -3.13. The summed E-state index contributed by atoms with van der Waals surface area (Å²) < 4.78 is 0. The van der Waals surface area contributed by atoms with E-state index in [1.54, 1.807) is 0 Å². The van der Waals surface area contributed by atoms with Crippen molar-refractivity contribution >= 4 is 0 Å². The van der Waals surface area contributed by atoms with Crippen molar-refractivity contribution in [2.75, 3.05) is 19.6 Å². The van der Waals surface area contributed by atoms with Crippen molar-refractivity contribution < 1.29 is 9.60 Å². The number of likely N-dealkylation sites (tertiary alicyclic amines) is 1. The average molecular weight is 217 g/mol. The fraction of sp³-hybridized carbons (Fsp3) is 1.00. The van der Waals surface area contributed by atoms with Crippen LogP contribution in [0, 0.1) is 5.92 Å². The van der Waals surface area contributed by atoms with Crippen LogP contribution in [0.15, 0.2) is 0 Å². The molecule has 2 atom stereocenters. The molecule has 1 N–H and O–H groups in total. The molecule has 0 aromatic carbocycles. The third-order valence-electron chi connectivity index (χ3n) is 3.55. The Morgan fingerprint density at radius 3 is 2.60 bits per heavy atom. The number of unbranched alkanes of at least 4 members (excludes halogenated alkanes) is 2. The van der Waals surface area contributed by atoms with Crippen LogP contribution in [0.3, 0.4) is 0 Å². The molecule has 1 heterocycles. The van der Waals surface area contributed by atoms with E-state index in [0.717, 1.165) is 5.92 Å². The second kappa shape index (κ2) is 9.14. The van der Waals surface area contributed by atoms with Gasteiger partial charge in [0.25, 0.3) is 0 Å². The highest BCUT2D eigenvalue weighted by atomic mass is 19.0. The number of piperidine rings is 1. The zero-order valence-corrected chi connectivity index (χ0v) is 10.5. The van der Waals surface area contributed by atoms with Crippen LogP contribution in [-0.4, -0.2) is 19.6 Å². The normalized spacial score (nSPS) is 26.0. The molecule has 0 spiro atoms. The minimum Gasteiger partial charge on any atom is -1.00 e. The van der Waals surface area contributed by atoms with E-state index in [-0.39, 0.29) is 4.70 Å². The summed E-state index contributed by atoms with van der Waals surface area (Å²) in [6, 6.07) is 0. The van der Waals surface area contributed by atoms with E-state index in [4.69, 9.17) is 0 Å². The molecule has 1 aliphatic heterocycles. The zero-order valence-electron chi connectivity index (χ0n) is 10.5. The number of rotatable bonds is 6. The van der Waals surface area contributed by atoms with Crippen LogP contribution in [0.4, 0.5) is 0 Å². The SMILES string of the molecule is CCCCC[NH+]1CCCC(CCC)C1.[F-]. The van der Waals surface area contributed by atoms with Crippen LogP contribution in [0.25, 0.3) is 0 Å². The van der Waals surface area contributed by atoms with Gasteiger partial charge in [-0.1, -0.05) is 26.7 Å². The highest BCUT2D eigenvalue weighted by molar-refractivity contribution is 4.61. The second-order valence-electron chi connectivity index (χ2n) is 4.96. The van der Waals surface area contributed by atoms with Crippen LogP contribution >= 0.6 is 0 Å². The molecular weight excluding hydrogens is 189 g/mol. The molecule has 0 aliphatic carbocycles. The lowest BCUT2D eigenvalue weighted by Gasteiger charge is -2.29. The highest BCUT2D eigenvalue weighted by Crippen LogP contribution is 2.13. The average Bonchev–Trinajstić information content (AvgIpc) is 2.19. The Hall–Kier alpha value is -0.110. The van der Waals surface area contributed by atoms with Crippen LogP contribution in [0.1, 0.15) is 58.8 Å². The van der Waals surface area contributed by atoms with E-state index in [1.807, 2.05) is 4.90 Å². The van der Waals surface area contributed by atoms with Crippen LogP contribution in [0.2, 0.25) is 0 Å². The quantitative estimate of drug-likeness (QED) is 0.560. The molecule has 1 saturated heterocycles. The van der Waals surface area contributed by atoms with Crippen molar-refractivity contribution in [2.24, 2.45) is 5.92 Å². The summed E-state index contributed by atoms with van der Waals surface area (Å²) in [5, 5.41) is 0. The standard InChI is InChI=1S/C13H27N.FH/c1-3-5-6-10-14-11-7-9-13(12-14)8-4-2;/h13H,3-12H2,1-2H3;1H. The van der Waals surface area contributed by atoms with Crippen molar-refractivity contribution in [3.05, 3.63) is 0 Å². The Labute approximate surface area is 94.6 Å². The summed E-state index contributed by atoms with van der Waals surface area (Å²) in [5.41, 5.74) is 0. The smallest absolute Gasteiger partial charge is 0.0799 e. The number of nitrogens with one attached hydrogen (secondary N) is 1. The summed E-state index contributed by atoms with van der Waals surface area (Å²) in [7, 11) is 0. The fourth-order valence-electron chi connectivity index (χ4n) is 2.76. The lowest BCUT2D eigenvalue weighted by atomic mass is 9.93. The summed E-state index contributed by atoms with van der Waals surface area (Å²) in [5.74, 6) is 1.05. The molecular formula is C13H28FN. The number of quaternary nitrogens is 1. The maximum absolute atomic E-state index is 2.32. The maximum atomic E-state index is 2.32. The van der Waals surface area contributed by atoms with Gasteiger partial charge in [0, 0.05) is 5.92 Å². The molecule has 0 radical (unpaired) electrons. The number of halogens is 1. The van der Waals surface area contributed by atoms with Crippen molar-refractivity contribution in [1.29, 1.82) is 0 Å². The Morgan fingerprint density at radius 2 is 1.93 bits per heavy atom. The summed E-state index contributed by atoms with van der Waals surface area (Å²) in [6.07, 6.45) is 10.1. The van der Waals surface area contributed by atoms with E-state index in [0.29, 0.717) is 0 Å². The predicted molar refractivity (Wildman–Crippen MR) is 62.7 cm³/mol. The molecule has 15 heavy (non-hydrogen) atoms. The first-order chi connectivity index (χ1) is 6.86. The Bertz CT molecular complexity index is 136. The lowest BCUT2D eigenvalue weighted by molar-refractivity contribution is -0.909. The molecule has 92 valence electrons. The molecule has 1 aliphatic rings. The minimum absolute atomic E-state index is 0. The molecule has 0 aromatic rings. The van der Waals surface area contributed by atoms with Crippen molar-refractivity contribution in [2.45, 2.75) is 58.8 Å². The second-order valence-corrected chi connectivity index (χ2v) is 4.96. The van der Waals surface area contributed by atoms with Gasteiger partial charge in [-0.2, -0.15) is 0 Å². The summed E-state index contributed by atoms with van der Waals surface area (Å²) >= 11 is 0. The molecule has 0 aromatic heterocycles. The summed E-state index contributed by atoms with van der Waals surface area (Å²) in [6.45, 7) is 8.98. The van der Waals surface area contributed by atoms with Gasteiger partial charge in [0.15, 0.2) is 0 Å². The van der Waals surface area contributed by atoms with Gasteiger partial charge >= 0.3 is 0 Å². The van der Waals surface area contributed by atoms with Crippen molar-refractivity contribution in [1.82, 2.24) is 0 Å². The van der Waals surface area contributed by atoms with Gasteiger partial charge in [0.05, 0.1) is 19.6 Å². The molecule has 2 heteroatoms. The van der Waals surface area contributed by atoms with Gasteiger partial charge in [-0.25, -0.2) is 0 Å². The fourth-order valence-corrected chi connectivity index (χ4v) is 2.76. The van der Waals surface area contributed by atoms with Gasteiger partial charge in [0.1, 0.15) is 0 Å². The first-order valence-electron chi connectivity index (χ1n) is 6.70. The number of hydrogen-bond acceptors (Lipinski definition) is 0. The van der Waals surface area contributed by atoms with E-state index >= 15 is 0 Å². The van der Waals surface area contributed by atoms with Crippen LogP contribution < -0.4 is 9.60 Å². The number of hydrogen-bond donors (Lipinski definition) is 1. The molecule has 0 saturated carbocycles. The van der Waals surface area contributed by atoms with Gasteiger partial charge < -0.3 is 9.60 Å². The first kappa shape index (κ1) is 14.9. The molecule has 0 amide bonds. The predicted octanol–water partition coefficient (Wildman–Crippen LogP) is -0.724. The Morgan fingerprint density at radius 1 is 1.13 bits per heavy atom. The van der Waals surface area contributed by atoms with Gasteiger partial charge in [0.2, 0.25) is 0 Å². The van der Waals surface area contributed by atoms with Crippen molar-refractivity contribution in [3.63, 3.8) is 0 Å². The van der Waals surface area contributed by atoms with E-state index < -0.39 is 0 Å². The van der Waals surface area contributed by atoms with Crippen molar-refractivity contribution in [3.8, 4) is 0 Å². The largest absolute Gasteiger partial charge is 1.00 e. The van der Waals surface area contributed by atoms with Gasteiger partial charge in [-0.3, -0.25) is 0 Å². The topological polar surface area (TPSA) is 4.44 Å². The molecule has 0 bridgehead atoms. The van der Waals surface area contributed by atoms with E-state index in [1.165, 1.54) is 64.6 Å². The van der Waals surface area contributed by atoms with E-state index in [9.17, 15) is 0 Å². The van der Waals surface area contributed by atoms with Gasteiger partial charge in [-0.15, -0.1) is 0 Å². The summed E-state index contributed by atoms with van der Waals surface area (Å²) in [4.78, 5) is 1.89. The van der Waals surface area contributed by atoms with Crippen LogP contribution in [0.5, 0.6) is 0 Å². The zero-order chi connectivity index (χ0) is 10.2. The molecule has 1 fully saturated rings. The highest BCUT2D eigenvalue weighted by Gasteiger charge is 2.21.